The molecule has 3 atom stereocenters. The van der Waals surface area contributed by atoms with Crippen molar-refractivity contribution in [1.82, 2.24) is 14.8 Å². The molecule has 0 aromatic carbocycles. The fourth-order valence-corrected chi connectivity index (χ4v) is 3.61. The van der Waals surface area contributed by atoms with Crippen LogP contribution in [0, 0.1) is 5.92 Å². The van der Waals surface area contributed by atoms with Crippen molar-refractivity contribution in [3.05, 3.63) is 10.5 Å². The first-order chi connectivity index (χ1) is 8.13. The van der Waals surface area contributed by atoms with E-state index in [9.17, 15) is 4.79 Å². The average molecular weight is 256 g/mol. The molecule has 6 heteroatoms. The van der Waals surface area contributed by atoms with Crippen LogP contribution in [0.1, 0.15) is 33.1 Å². The van der Waals surface area contributed by atoms with E-state index >= 15 is 0 Å². The lowest BCUT2D eigenvalue weighted by molar-refractivity contribution is 0.532. The largest absolute Gasteiger partial charge is 0.343 e. The quantitative estimate of drug-likeness (QED) is 0.848. The smallest absolute Gasteiger partial charge is 0.327 e. The van der Waals surface area contributed by atoms with Crippen molar-refractivity contribution >= 4 is 11.8 Å². The fourth-order valence-electron chi connectivity index (χ4n) is 2.27. The molecule has 1 aromatic rings. The van der Waals surface area contributed by atoms with E-state index < -0.39 is 0 Å². The molecular formula is C11H20N4OS. The van der Waals surface area contributed by atoms with E-state index in [0.29, 0.717) is 11.2 Å². The van der Waals surface area contributed by atoms with Gasteiger partial charge in [-0.25, -0.2) is 9.89 Å². The van der Waals surface area contributed by atoms with Gasteiger partial charge in [0.25, 0.3) is 0 Å². The van der Waals surface area contributed by atoms with Crippen molar-refractivity contribution in [2.45, 2.75) is 56.1 Å². The summed E-state index contributed by atoms with van der Waals surface area (Å²) in [5, 5.41) is 7.92. The van der Waals surface area contributed by atoms with Crippen molar-refractivity contribution in [2.24, 2.45) is 11.7 Å². The van der Waals surface area contributed by atoms with Crippen molar-refractivity contribution in [1.29, 1.82) is 0 Å². The Hall–Kier alpha value is -0.750. The third-order valence-corrected chi connectivity index (χ3v) is 4.96. The van der Waals surface area contributed by atoms with E-state index in [2.05, 4.69) is 24.0 Å². The monoisotopic (exact) mass is 256 g/mol. The Morgan fingerprint density at radius 2 is 2.35 bits per heavy atom. The molecule has 1 aromatic heterocycles. The first-order valence-electron chi connectivity index (χ1n) is 6.21. The first-order valence-corrected chi connectivity index (χ1v) is 7.09. The molecule has 1 fully saturated rings. The second kappa shape index (κ2) is 5.27. The van der Waals surface area contributed by atoms with Gasteiger partial charge in [0.05, 0.1) is 0 Å². The standard InChI is InChI=1S/C11H20N4OS/c1-3-6-15-10(16)13-14-11(15)17-9-5-4-8(12)7(9)2/h7-9H,3-6,12H2,1-2H3,(H,13,16). The molecular weight excluding hydrogens is 236 g/mol. The molecule has 0 amide bonds. The maximum Gasteiger partial charge on any atom is 0.343 e. The number of hydrogen-bond donors (Lipinski definition) is 2. The number of nitrogens with zero attached hydrogens (tertiary/aromatic N) is 2. The lowest BCUT2D eigenvalue weighted by atomic mass is 10.1. The minimum Gasteiger partial charge on any atom is -0.327 e. The Morgan fingerprint density at radius 1 is 1.59 bits per heavy atom. The van der Waals surface area contributed by atoms with E-state index in [4.69, 9.17) is 5.73 Å². The normalized spacial score (nSPS) is 28.8. The Labute approximate surface area is 105 Å². The molecule has 5 nitrogen and oxygen atoms in total. The second-order valence-electron chi connectivity index (χ2n) is 4.72. The lowest BCUT2D eigenvalue weighted by Gasteiger charge is -2.16. The van der Waals surface area contributed by atoms with E-state index in [0.717, 1.165) is 31.0 Å². The van der Waals surface area contributed by atoms with Crippen LogP contribution >= 0.6 is 11.8 Å². The van der Waals surface area contributed by atoms with E-state index in [1.165, 1.54) is 0 Å². The highest BCUT2D eigenvalue weighted by atomic mass is 32.2. The molecule has 1 aliphatic rings. The number of nitrogens with two attached hydrogens (primary N) is 1. The van der Waals surface area contributed by atoms with Gasteiger partial charge in [0.15, 0.2) is 5.16 Å². The Morgan fingerprint density at radius 3 is 2.94 bits per heavy atom. The fraction of sp³-hybridized carbons (Fsp3) is 0.818. The Bertz CT molecular complexity index is 427. The molecule has 0 spiro atoms. The highest BCUT2D eigenvalue weighted by Gasteiger charge is 2.32. The molecule has 3 unspecified atom stereocenters. The molecule has 1 saturated carbocycles. The molecule has 17 heavy (non-hydrogen) atoms. The summed E-state index contributed by atoms with van der Waals surface area (Å²) in [7, 11) is 0. The van der Waals surface area contributed by atoms with Crippen LogP contribution in [0.2, 0.25) is 0 Å². The van der Waals surface area contributed by atoms with Crippen LogP contribution in [0.5, 0.6) is 0 Å². The van der Waals surface area contributed by atoms with Gasteiger partial charge in [-0.3, -0.25) is 4.57 Å². The van der Waals surface area contributed by atoms with Crippen molar-refractivity contribution < 1.29 is 0 Å². The second-order valence-corrected chi connectivity index (χ2v) is 5.93. The van der Waals surface area contributed by atoms with Gasteiger partial charge in [-0.1, -0.05) is 25.6 Å². The van der Waals surface area contributed by atoms with Gasteiger partial charge in [0.2, 0.25) is 0 Å². The molecule has 0 saturated heterocycles. The minimum atomic E-state index is -0.107. The number of H-pyrrole nitrogens is 1. The van der Waals surface area contributed by atoms with Crippen LogP contribution in [0.15, 0.2) is 9.95 Å². The summed E-state index contributed by atoms with van der Waals surface area (Å²) in [5.41, 5.74) is 5.91. The lowest BCUT2D eigenvalue weighted by Crippen LogP contribution is -2.26. The van der Waals surface area contributed by atoms with E-state index in [1.807, 2.05) is 0 Å². The van der Waals surface area contributed by atoms with Gasteiger partial charge in [-0.15, -0.1) is 5.10 Å². The molecule has 3 N–H and O–H groups in total. The molecule has 1 aliphatic carbocycles. The van der Waals surface area contributed by atoms with Crippen LogP contribution in [0.25, 0.3) is 0 Å². The van der Waals surface area contributed by atoms with Gasteiger partial charge in [-0.05, 0) is 25.2 Å². The first kappa shape index (κ1) is 12.7. The van der Waals surface area contributed by atoms with Gasteiger partial charge in [0.1, 0.15) is 0 Å². The van der Waals surface area contributed by atoms with Crippen molar-refractivity contribution in [3.63, 3.8) is 0 Å². The summed E-state index contributed by atoms with van der Waals surface area (Å²) in [5.74, 6) is 0.488. The predicted octanol–water partition coefficient (Wildman–Crippen LogP) is 1.20. The van der Waals surface area contributed by atoms with Gasteiger partial charge < -0.3 is 5.73 Å². The highest BCUT2D eigenvalue weighted by Crippen LogP contribution is 2.37. The summed E-state index contributed by atoms with van der Waals surface area (Å²) < 4.78 is 1.72. The average Bonchev–Trinajstić information content (AvgIpc) is 2.80. The molecule has 0 aliphatic heterocycles. The molecule has 1 heterocycles. The zero-order valence-corrected chi connectivity index (χ0v) is 11.2. The highest BCUT2D eigenvalue weighted by molar-refractivity contribution is 7.99. The Balaban J connectivity index is 2.11. The van der Waals surface area contributed by atoms with Gasteiger partial charge in [0, 0.05) is 17.8 Å². The predicted molar refractivity (Wildman–Crippen MR) is 69.2 cm³/mol. The zero-order chi connectivity index (χ0) is 12.4. The van der Waals surface area contributed by atoms with Crippen LogP contribution < -0.4 is 11.4 Å². The SMILES string of the molecule is CCCn1c(SC2CCC(N)C2C)n[nH]c1=O. The number of hydrogen-bond acceptors (Lipinski definition) is 4. The number of nitrogens with one attached hydrogen (secondary N) is 1. The molecule has 0 bridgehead atoms. The summed E-state index contributed by atoms with van der Waals surface area (Å²) in [6, 6.07) is 0.290. The third kappa shape index (κ3) is 2.57. The maximum absolute atomic E-state index is 11.6. The summed E-state index contributed by atoms with van der Waals surface area (Å²) in [6.07, 6.45) is 3.12. The van der Waals surface area contributed by atoms with Gasteiger partial charge >= 0.3 is 5.69 Å². The molecule has 96 valence electrons. The van der Waals surface area contributed by atoms with Gasteiger partial charge in [-0.2, -0.15) is 0 Å². The summed E-state index contributed by atoms with van der Waals surface area (Å²) >= 11 is 1.69. The number of rotatable bonds is 4. The van der Waals surface area contributed by atoms with Crippen molar-refractivity contribution in [3.8, 4) is 0 Å². The Kier molecular flexibility index (Phi) is 3.93. The van der Waals surface area contributed by atoms with Crippen LogP contribution in [0.3, 0.4) is 0 Å². The van der Waals surface area contributed by atoms with E-state index in [1.54, 1.807) is 16.3 Å². The number of aromatic amines is 1. The molecule has 2 rings (SSSR count). The summed E-state index contributed by atoms with van der Waals surface area (Å²) in [4.78, 5) is 11.6. The zero-order valence-electron chi connectivity index (χ0n) is 10.3. The number of thioether (sulfide) groups is 1. The van der Waals surface area contributed by atoms with Crippen LogP contribution in [-0.4, -0.2) is 26.1 Å². The maximum atomic E-state index is 11.6. The minimum absolute atomic E-state index is 0.107. The van der Waals surface area contributed by atoms with Crippen LogP contribution in [-0.2, 0) is 6.54 Å². The molecule has 0 radical (unpaired) electrons. The summed E-state index contributed by atoms with van der Waals surface area (Å²) in [6.45, 7) is 4.97. The topological polar surface area (TPSA) is 76.7 Å². The van der Waals surface area contributed by atoms with E-state index in [-0.39, 0.29) is 11.7 Å². The van der Waals surface area contributed by atoms with Crippen LogP contribution in [0.4, 0.5) is 0 Å². The number of aromatic nitrogens is 3. The van der Waals surface area contributed by atoms with Crippen molar-refractivity contribution in [2.75, 3.05) is 0 Å². The third-order valence-electron chi connectivity index (χ3n) is 3.47.